The maximum absolute atomic E-state index is 13.1. The van der Waals surface area contributed by atoms with Gasteiger partial charge in [-0.3, -0.25) is 10.1 Å². The van der Waals surface area contributed by atoms with Crippen molar-refractivity contribution in [3.05, 3.63) is 59.4 Å². The van der Waals surface area contributed by atoms with E-state index in [1.54, 1.807) is 24.3 Å². The summed E-state index contributed by atoms with van der Waals surface area (Å²) in [5.41, 5.74) is 0.619. The van der Waals surface area contributed by atoms with E-state index in [9.17, 15) is 17.6 Å². The molecule has 0 spiro atoms. The molecule has 1 unspecified atom stereocenters. The van der Waals surface area contributed by atoms with Crippen molar-refractivity contribution in [1.29, 1.82) is 0 Å². The molecule has 1 saturated heterocycles. The summed E-state index contributed by atoms with van der Waals surface area (Å²) in [5.74, 6) is -0.939. The molecule has 1 fully saturated rings. The van der Waals surface area contributed by atoms with Crippen LogP contribution < -0.4 is 5.32 Å². The molecule has 2 aromatic carbocycles. The normalized spacial score (nSPS) is 17.2. The summed E-state index contributed by atoms with van der Waals surface area (Å²) in [6.45, 7) is 0.178. The minimum atomic E-state index is -3.96. The Balaban J connectivity index is 1.50. The SMILES string of the molecule is O=C(Nc1nnc(-c2ccc(Cl)cc2)o1)C1CCCN1S(=O)(=O)c1ccc(F)cc1. The van der Waals surface area contributed by atoms with Gasteiger partial charge in [-0.15, -0.1) is 5.10 Å². The lowest BCUT2D eigenvalue weighted by molar-refractivity contribution is -0.119. The first kappa shape index (κ1) is 20.5. The van der Waals surface area contributed by atoms with E-state index in [1.807, 2.05) is 0 Å². The standard InChI is InChI=1S/C19H16ClFN4O4S/c20-13-5-3-12(4-6-13)18-23-24-19(29-18)22-17(26)16-2-1-11-25(16)30(27,28)15-9-7-14(21)8-10-15/h3-10,16H,1-2,11H2,(H,22,24,26). The minimum absolute atomic E-state index is 0.0774. The van der Waals surface area contributed by atoms with Crippen molar-refractivity contribution in [3.8, 4) is 11.5 Å². The lowest BCUT2D eigenvalue weighted by Crippen LogP contribution is -2.43. The van der Waals surface area contributed by atoms with Gasteiger partial charge in [0, 0.05) is 17.1 Å². The number of benzene rings is 2. The number of rotatable bonds is 5. The van der Waals surface area contributed by atoms with E-state index in [1.165, 1.54) is 12.1 Å². The van der Waals surface area contributed by atoms with E-state index in [0.717, 1.165) is 16.4 Å². The van der Waals surface area contributed by atoms with Crippen LogP contribution in [0.1, 0.15) is 12.8 Å². The van der Waals surface area contributed by atoms with Gasteiger partial charge in [0.2, 0.25) is 21.8 Å². The van der Waals surface area contributed by atoms with Crippen molar-refractivity contribution in [2.45, 2.75) is 23.8 Å². The van der Waals surface area contributed by atoms with Gasteiger partial charge in [0.1, 0.15) is 11.9 Å². The summed E-state index contributed by atoms with van der Waals surface area (Å²) in [6, 6.07) is 10.1. The molecule has 3 aromatic rings. The van der Waals surface area contributed by atoms with E-state index in [-0.39, 0.29) is 23.3 Å². The molecule has 0 bridgehead atoms. The number of nitrogens with one attached hydrogen (secondary N) is 1. The molecule has 156 valence electrons. The number of anilines is 1. The third-order valence-electron chi connectivity index (χ3n) is 4.67. The van der Waals surface area contributed by atoms with Crippen LogP contribution in [0.3, 0.4) is 0 Å². The van der Waals surface area contributed by atoms with Crippen LogP contribution in [0.5, 0.6) is 0 Å². The highest BCUT2D eigenvalue weighted by Crippen LogP contribution is 2.28. The van der Waals surface area contributed by atoms with Crippen molar-refractivity contribution in [1.82, 2.24) is 14.5 Å². The summed E-state index contributed by atoms with van der Waals surface area (Å²) in [4.78, 5) is 12.6. The van der Waals surface area contributed by atoms with Gasteiger partial charge >= 0.3 is 6.01 Å². The second-order valence-corrected chi connectivity index (χ2v) is 8.96. The van der Waals surface area contributed by atoms with Gasteiger partial charge in [-0.25, -0.2) is 12.8 Å². The van der Waals surface area contributed by atoms with Gasteiger partial charge in [0.25, 0.3) is 0 Å². The first-order chi connectivity index (χ1) is 14.3. The van der Waals surface area contributed by atoms with Gasteiger partial charge in [-0.2, -0.15) is 4.31 Å². The van der Waals surface area contributed by atoms with Crippen LogP contribution in [0.15, 0.2) is 57.8 Å². The summed E-state index contributed by atoms with van der Waals surface area (Å²) in [5, 5.41) is 10.7. The van der Waals surface area contributed by atoms with Crippen LogP contribution in [0.4, 0.5) is 10.4 Å². The topological polar surface area (TPSA) is 105 Å². The maximum Gasteiger partial charge on any atom is 0.322 e. The van der Waals surface area contributed by atoms with E-state index < -0.39 is 27.8 Å². The maximum atomic E-state index is 13.1. The van der Waals surface area contributed by atoms with Crippen molar-refractivity contribution in [2.24, 2.45) is 0 Å². The summed E-state index contributed by atoms with van der Waals surface area (Å²) >= 11 is 5.85. The number of hydrogen-bond acceptors (Lipinski definition) is 6. The van der Waals surface area contributed by atoms with E-state index in [2.05, 4.69) is 15.5 Å². The molecule has 0 aliphatic carbocycles. The van der Waals surface area contributed by atoms with Crippen LogP contribution in [-0.2, 0) is 14.8 Å². The molecule has 4 rings (SSSR count). The van der Waals surface area contributed by atoms with Crippen LogP contribution in [0.2, 0.25) is 5.02 Å². The molecule has 0 radical (unpaired) electrons. The smallest absolute Gasteiger partial charge is 0.322 e. The fourth-order valence-electron chi connectivity index (χ4n) is 3.20. The predicted molar refractivity (Wildman–Crippen MR) is 107 cm³/mol. The highest BCUT2D eigenvalue weighted by atomic mass is 35.5. The van der Waals surface area contributed by atoms with E-state index >= 15 is 0 Å². The molecule has 1 aliphatic heterocycles. The molecular formula is C19H16ClFN4O4S. The predicted octanol–water partition coefficient (Wildman–Crippen LogP) is 3.32. The van der Waals surface area contributed by atoms with E-state index in [0.29, 0.717) is 23.4 Å². The quantitative estimate of drug-likeness (QED) is 0.639. The zero-order chi connectivity index (χ0) is 21.3. The average molecular weight is 451 g/mol. The third kappa shape index (κ3) is 4.07. The van der Waals surface area contributed by atoms with Crippen molar-refractivity contribution in [3.63, 3.8) is 0 Å². The Morgan fingerprint density at radius 1 is 1.13 bits per heavy atom. The number of carbonyl (C=O) groups excluding carboxylic acids is 1. The van der Waals surface area contributed by atoms with E-state index in [4.69, 9.17) is 16.0 Å². The highest BCUT2D eigenvalue weighted by Gasteiger charge is 2.39. The molecular weight excluding hydrogens is 435 g/mol. The summed E-state index contributed by atoms with van der Waals surface area (Å²) < 4.78 is 45.5. The second-order valence-electron chi connectivity index (χ2n) is 6.64. The Kier molecular flexibility index (Phi) is 5.54. The number of hydrogen-bond donors (Lipinski definition) is 1. The molecule has 1 aliphatic rings. The van der Waals surface area contributed by atoms with Gasteiger partial charge in [0.15, 0.2) is 0 Å². The second kappa shape index (κ2) is 8.13. The largest absolute Gasteiger partial charge is 0.403 e. The molecule has 0 saturated carbocycles. The van der Waals surface area contributed by atoms with Crippen LogP contribution >= 0.6 is 11.6 Å². The Morgan fingerprint density at radius 3 is 2.53 bits per heavy atom. The fourth-order valence-corrected chi connectivity index (χ4v) is 4.99. The van der Waals surface area contributed by atoms with Gasteiger partial charge in [0.05, 0.1) is 4.90 Å². The first-order valence-electron chi connectivity index (χ1n) is 9.02. The first-order valence-corrected chi connectivity index (χ1v) is 10.8. The number of sulfonamides is 1. The van der Waals surface area contributed by atoms with Crippen molar-refractivity contribution >= 4 is 33.5 Å². The number of halogens is 2. The van der Waals surface area contributed by atoms with Gasteiger partial charge in [-0.1, -0.05) is 16.7 Å². The minimum Gasteiger partial charge on any atom is -0.403 e. The summed E-state index contributed by atoms with van der Waals surface area (Å²) in [7, 11) is -3.96. The zero-order valence-corrected chi connectivity index (χ0v) is 17.0. The molecule has 8 nitrogen and oxygen atoms in total. The average Bonchev–Trinajstić information content (AvgIpc) is 3.39. The van der Waals surface area contributed by atoms with Crippen molar-refractivity contribution < 1.29 is 22.0 Å². The summed E-state index contributed by atoms with van der Waals surface area (Å²) in [6.07, 6.45) is 0.850. The fraction of sp³-hybridized carbons (Fsp3) is 0.211. The highest BCUT2D eigenvalue weighted by molar-refractivity contribution is 7.89. The lowest BCUT2D eigenvalue weighted by Gasteiger charge is -2.22. The van der Waals surface area contributed by atoms with Crippen LogP contribution in [0.25, 0.3) is 11.5 Å². The molecule has 11 heteroatoms. The lowest BCUT2D eigenvalue weighted by atomic mass is 10.2. The Labute approximate surface area is 176 Å². The van der Waals surface area contributed by atoms with Crippen molar-refractivity contribution in [2.75, 3.05) is 11.9 Å². The number of aromatic nitrogens is 2. The van der Waals surface area contributed by atoms with Crippen LogP contribution in [-0.4, -0.2) is 41.4 Å². The van der Waals surface area contributed by atoms with Gasteiger partial charge in [-0.05, 0) is 61.4 Å². The van der Waals surface area contributed by atoms with Gasteiger partial charge < -0.3 is 4.42 Å². The number of nitrogens with zero attached hydrogens (tertiary/aromatic N) is 3. The third-order valence-corrected chi connectivity index (χ3v) is 6.85. The monoisotopic (exact) mass is 450 g/mol. The molecule has 30 heavy (non-hydrogen) atoms. The molecule has 1 aromatic heterocycles. The Hall–Kier alpha value is -2.82. The molecule has 2 heterocycles. The molecule has 1 atom stereocenters. The number of amides is 1. The molecule has 1 amide bonds. The molecule has 1 N–H and O–H groups in total. The number of carbonyl (C=O) groups is 1. The Morgan fingerprint density at radius 2 is 1.83 bits per heavy atom. The zero-order valence-electron chi connectivity index (χ0n) is 15.5. The Bertz CT molecular complexity index is 1170. The van der Waals surface area contributed by atoms with Crippen LogP contribution in [0, 0.1) is 5.82 Å².